The highest BCUT2D eigenvalue weighted by Gasteiger charge is 2.24. The summed E-state index contributed by atoms with van der Waals surface area (Å²) in [5.41, 5.74) is 12.5. The quantitative estimate of drug-likeness (QED) is 0.275. The average molecular weight is 290 g/mol. The van der Waals surface area contributed by atoms with Gasteiger partial charge in [-0.05, 0) is 56.0 Å². The molecule has 1 aromatic carbocycles. The maximum atomic E-state index is 12.1. The van der Waals surface area contributed by atoms with Gasteiger partial charge in [0.05, 0.1) is 7.11 Å². The standard InChI is InChI=1S/C15H22N4O2/c1-10-8-11(2)13(12(3)9-10)14(15(20)21-4)17-6-5-7-18-19-16/h8-9,14,17H,5-7H2,1-4H3. The van der Waals surface area contributed by atoms with Gasteiger partial charge in [0.15, 0.2) is 0 Å². The lowest BCUT2D eigenvalue weighted by Gasteiger charge is -2.21. The number of azide groups is 1. The van der Waals surface area contributed by atoms with E-state index in [2.05, 4.69) is 27.5 Å². The van der Waals surface area contributed by atoms with E-state index in [9.17, 15) is 4.79 Å². The molecule has 0 spiro atoms. The van der Waals surface area contributed by atoms with Gasteiger partial charge in [0.25, 0.3) is 0 Å². The summed E-state index contributed by atoms with van der Waals surface area (Å²) in [6, 6.07) is 3.61. The second-order valence-corrected chi connectivity index (χ2v) is 5.03. The summed E-state index contributed by atoms with van der Waals surface area (Å²) in [6.07, 6.45) is 0.668. The van der Waals surface area contributed by atoms with Gasteiger partial charge in [0.1, 0.15) is 6.04 Å². The molecule has 21 heavy (non-hydrogen) atoms. The molecule has 1 atom stereocenters. The van der Waals surface area contributed by atoms with E-state index in [4.69, 9.17) is 10.3 Å². The number of nitrogens with zero attached hydrogens (tertiary/aromatic N) is 3. The average Bonchev–Trinajstić information content (AvgIpc) is 2.43. The molecule has 0 aliphatic carbocycles. The van der Waals surface area contributed by atoms with Crippen LogP contribution in [-0.2, 0) is 9.53 Å². The van der Waals surface area contributed by atoms with Crippen molar-refractivity contribution in [1.82, 2.24) is 5.32 Å². The van der Waals surface area contributed by atoms with Crippen LogP contribution in [0.2, 0.25) is 0 Å². The molecule has 0 aromatic heterocycles. The number of methoxy groups -OCH3 is 1. The van der Waals surface area contributed by atoms with Crippen LogP contribution in [0.3, 0.4) is 0 Å². The van der Waals surface area contributed by atoms with E-state index in [1.807, 2.05) is 20.8 Å². The van der Waals surface area contributed by atoms with Crippen LogP contribution in [0.1, 0.15) is 34.7 Å². The monoisotopic (exact) mass is 290 g/mol. The van der Waals surface area contributed by atoms with E-state index in [-0.39, 0.29) is 5.97 Å². The summed E-state index contributed by atoms with van der Waals surface area (Å²) in [4.78, 5) is 14.8. The molecule has 0 saturated carbocycles. The van der Waals surface area contributed by atoms with Crippen LogP contribution < -0.4 is 5.32 Å². The van der Waals surface area contributed by atoms with Crippen molar-refractivity contribution in [3.05, 3.63) is 44.8 Å². The number of carbonyl (C=O) groups is 1. The molecule has 1 unspecified atom stereocenters. The minimum absolute atomic E-state index is 0.311. The summed E-state index contributed by atoms with van der Waals surface area (Å²) in [6.45, 7) is 7.00. The molecule has 114 valence electrons. The first kappa shape index (κ1) is 17.0. The molecule has 1 rings (SSSR count). The second-order valence-electron chi connectivity index (χ2n) is 5.03. The zero-order valence-electron chi connectivity index (χ0n) is 13.0. The van der Waals surface area contributed by atoms with Crippen LogP contribution >= 0.6 is 0 Å². The molecule has 0 radical (unpaired) electrons. The van der Waals surface area contributed by atoms with E-state index in [0.717, 1.165) is 16.7 Å². The number of rotatable bonds is 7. The summed E-state index contributed by atoms with van der Waals surface area (Å²) in [7, 11) is 1.38. The number of ether oxygens (including phenoxy) is 1. The molecular weight excluding hydrogens is 268 g/mol. The van der Waals surface area contributed by atoms with Crippen molar-refractivity contribution < 1.29 is 9.53 Å². The van der Waals surface area contributed by atoms with E-state index in [1.165, 1.54) is 12.7 Å². The van der Waals surface area contributed by atoms with Crippen LogP contribution in [0.15, 0.2) is 17.2 Å². The molecule has 0 saturated heterocycles. The van der Waals surface area contributed by atoms with Crippen LogP contribution in [0.4, 0.5) is 0 Å². The lowest BCUT2D eigenvalue weighted by molar-refractivity contribution is -0.143. The summed E-state index contributed by atoms with van der Waals surface area (Å²) in [5.74, 6) is -0.311. The van der Waals surface area contributed by atoms with Gasteiger partial charge in [-0.15, -0.1) is 0 Å². The van der Waals surface area contributed by atoms with Crippen molar-refractivity contribution in [3.8, 4) is 0 Å². The fourth-order valence-corrected chi connectivity index (χ4v) is 2.51. The van der Waals surface area contributed by atoms with Gasteiger partial charge in [-0.3, -0.25) is 0 Å². The highest BCUT2D eigenvalue weighted by atomic mass is 16.5. The molecule has 0 fully saturated rings. The third-order valence-electron chi connectivity index (χ3n) is 3.31. The minimum Gasteiger partial charge on any atom is -0.468 e. The molecule has 0 amide bonds. The summed E-state index contributed by atoms with van der Waals surface area (Å²) < 4.78 is 4.90. The molecule has 6 nitrogen and oxygen atoms in total. The highest BCUT2D eigenvalue weighted by Crippen LogP contribution is 2.24. The lowest BCUT2D eigenvalue weighted by atomic mass is 9.94. The Labute approximate surface area is 125 Å². The Morgan fingerprint density at radius 1 is 1.38 bits per heavy atom. The van der Waals surface area contributed by atoms with Gasteiger partial charge >= 0.3 is 5.97 Å². The van der Waals surface area contributed by atoms with Crippen molar-refractivity contribution in [1.29, 1.82) is 0 Å². The van der Waals surface area contributed by atoms with Crippen molar-refractivity contribution in [2.45, 2.75) is 33.2 Å². The van der Waals surface area contributed by atoms with Gasteiger partial charge in [-0.1, -0.05) is 22.8 Å². The largest absolute Gasteiger partial charge is 0.468 e. The number of hydrogen-bond acceptors (Lipinski definition) is 4. The molecule has 1 aromatic rings. The second kappa shape index (κ2) is 8.29. The van der Waals surface area contributed by atoms with Gasteiger partial charge in [0.2, 0.25) is 0 Å². The summed E-state index contributed by atoms with van der Waals surface area (Å²) >= 11 is 0. The molecule has 1 N–H and O–H groups in total. The van der Waals surface area contributed by atoms with E-state index in [1.54, 1.807) is 0 Å². The minimum atomic E-state index is -0.498. The van der Waals surface area contributed by atoms with Crippen molar-refractivity contribution in [2.24, 2.45) is 5.11 Å². The molecule has 6 heteroatoms. The maximum absolute atomic E-state index is 12.1. The Hall–Kier alpha value is -2.04. The van der Waals surface area contributed by atoms with Gasteiger partial charge in [-0.2, -0.15) is 0 Å². The van der Waals surface area contributed by atoms with Crippen LogP contribution in [-0.4, -0.2) is 26.2 Å². The van der Waals surface area contributed by atoms with Crippen molar-refractivity contribution >= 4 is 5.97 Å². The molecule has 0 heterocycles. The Kier molecular flexibility index (Phi) is 6.72. The highest BCUT2D eigenvalue weighted by molar-refractivity contribution is 5.78. The van der Waals surface area contributed by atoms with Crippen molar-refractivity contribution in [2.75, 3.05) is 20.2 Å². The normalized spacial score (nSPS) is 11.6. The Morgan fingerprint density at radius 2 is 2.00 bits per heavy atom. The van der Waals surface area contributed by atoms with Crippen molar-refractivity contribution in [3.63, 3.8) is 0 Å². The number of aryl methyl sites for hydroxylation is 3. The Morgan fingerprint density at radius 3 is 2.52 bits per heavy atom. The number of nitrogens with one attached hydrogen (secondary N) is 1. The fourth-order valence-electron chi connectivity index (χ4n) is 2.51. The van der Waals surface area contributed by atoms with Gasteiger partial charge in [-0.25, -0.2) is 4.79 Å². The van der Waals surface area contributed by atoms with Gasteiger partial charge < -0.3 is 10.1 Å². The third kappa shape index (κ3) is 4.77. The number of benzene rings is 1. The first-order chi connectivity index (χ1) is 10.0. The Bertz CT molecular complexity index is 528. The van der Waals surface area contributed by atoms with E-state index >= 15 is 0 Å². The third-order valence-corrected chi connectivity index (χ3v) is 3.31. The van der Waals surface area contributed by atoms with Crippen LogP contribution in [0.5, 0.6) is 0 Å². The number of hydrogen-bond donors (Lipinski definition) is 1. The van der Waals surface area contributed by atoms with E-state index < -0.39 is 6.04 Å². The molecule has 0 aliphatic heterocycles. The van der Waals surface area contributed by atoms with Gasteiger partial charge in [0, 0.05) is 11.5 Å². The van der Waals surface area contributed by atoms with Crippen LogP contribution in [0.25, 0.3) is 10.4 Å². The Balaban J connectivity index is 2.93. The number of esters is 1. The first-order valence-corrected chi connectivity index (χ1v) is 6.91. The topological polar surface area (TPSA) is 87.1 Å². The molecular formula is C15H22N4O2. The van der Waals surface area contributed by atoms with E-state index in [0.29, 0.717) is 19.5 Å². The summed E-state index contributed by atoms with van der Waals surface area (Å²) in [5, 5.41) is 6.67. The smallest absolute Gasteiger partial charge is 0.327 e. The zero-order valence-corrected chi connectivity index (χ0v) is 13.0. The predicted octanol–water partition coefficient (Wildman–Crippen LogP) is 3.12. The maximum Gasteiger partial charge on any atom is 0.327 e. The first-order valence-electron chi connectivity index (χ1n) is 6.91. The molecule has 0 aliphatic rings. The fraction of sp³-hybridized carbons (Fsp3) is 0.533. The molecule has 0 bridgehead atoms. The van der Waals surface area contributed by atoms with Crippen LogP contribution in [0, 0.1) is 20.8 Å². The lowest BCUT2D eigenvalue weighted by Crippen LogP contribution is -2.32. The number of carbonyl (C=O) groups excluding carboxylic acids is 1. The SMILES string of the molecule is COC(=O)C(NCCCN=[N+]=[N-])c1c(C)cc(C)cc1C. The predicted molar refractivity (Wildman–Crippen MR) is 82.0 cm³/mol. The zero-order chi connectivity index (χ0) is 15.8.